The third-order valence-electron chi connectivity index (χ3n) is 6.08. The molecule has 0 spiro atoms. The quantitative estimate of drug-likeness (QED) is 0.209. The summed E-state index contributed by atoms with van der Waals surface area (Å²) < 4.78 is 0. The molecule has 0 bridgehead atoms. The lowest BCUT2D eigenvalue weighted by Crippen LogP contribution is -1.83. The molecular formula is C30H20. The molecule has 6 aromatic rings. The van der Waals surface area contributed by atoms with Gasteiger partial charge in [0.05, 0.1) is 0 Å². The Morgan fingerprint density at radius 3 is 1.23 bits per heavy atom. The van der Waals surface area contributed by atoms with Gasteiger partial charge in [-0.2, -0.15) is 0 Å². The van der Waals surface area contributed by atoms with E-state index in [2.05, 4.69) is 121 Å². The number of hydrogen-bond donors (Lipinski definition) is 0. The van der Waals surface area contributed by atoms with Gasteiger partial charge >= 0.3 is 0 Å². The van der Waals surface area contributed by atoms with Crippen LogP contribution in [0.4, 0.5) is 0 Å². The van der Waals surface area contributed by atoms with Crippen LogP contribution in [0.5, 0.6) is 0 Å². The van der Waals surface area contributed by atoms with E-state index in [1.165, 1.54) is 54.2 Å². The van der Waals surface area contributed by atoms with Crippen molar-refractivity contribution in [3.8, 4) is 0 Å². The van der Waals surface area contributed by atoms with Crippen molar-refractivity contribution in [1.82, 2.24) is 0 Å². The van der Waals surface area contributed by atoms with E-state index < -0.39 is 0 Å². The minimum absolute atomic E-state index is 1.25. The molecular weight excluding hydrogens is 360 g/mol. The van der Waals surface area contributed by atoms with Gasteiger partial charge in [0.2, 0.25) is 0 Å². The standard InChI is InChI=1S/C30H20/c1-3-11-25-21(7-1)17-19-27-23(9-5-13-29(25)27)15-16-24-10-6-14-30-26-12-4-2-8-22(26)18-20-28(24)30/h1-20H. The molecule has 0 heteroatoms. The maximum Gasteiger partial charge on any atom is -0.00994 e. The van der Waals surface area contributed by atoms with Crippen molar-refractivity contribution < 1.29 is 0 Å². The van der Waals surface area contributed by atoms with Crippen LogP contribution in [0.3, 0.4) is 0 Å². The smallest absolute Gasteiger partial charge is 0.00994 e. The van der Waals surface area contributed by atoms with E-state index in [1.807, 2.05) is 0 Å². The molecule has 0 saturated heterocycles. The zero-order valence-electron chi connectivity index (χ0n) is 16.5. The van der Waals surface area contributed by atoms with Gasteiger partial charge in [0.15, 0.2) is 0 Å². The number of fused-ring (bicyclic) bond motifs is 6. The molecule has 0 aromatic heterocycles. The third-order valence-corrected chi connectivity index (χ3v) is 6.08. The predicted octanol–water partition coefficient (Wildman–Crippen LogP) is 8.47. The summed E-state index contributed by atoms with van der Waals surface area (Å²) in [5, 5.41) is 10.4. The lowest BCUT2D eigenvalue weighted by molar-refractivity contribution is 1.72. The molecule has 0 heterocycles. The maximum absolute atomic E-state index is 2.25. The molecule has 30 heavy (non-hydrogen) atoms. The van der Waals surface area contributed by atoms with Crippen molar-refractivity contribution >= 4 is 55.2 Å². The van der Waals surface area contributed by atoms with Crippen LogP contribution in [0.2, 0.25) is 0 Å². The minimum Gasteiger partial charge on any atom is -0.0616 e. The Bertz CT molecular complexity index is 1460. The van der Waals surface area contributed by atoms with Crippen molar-refractivity contribution in [3.63, 3.8) is 0 Å². The highest BCUT2D eigenvalue weighted by molar-refractivity contribution is 6.12. The second kappa shape index (κ2) is 6.86. The van der Waals surface area contributed by atoms with E-state index in [9.17, 15) is 0 Å². The average Bonchev–Trinajstić information content (AvgIpc) is 2.82. The second-order valence-corrected chi connectivity index (χ2v) is 7.79. The van der Waals surface area contributed by atoms with Crippen LogP contribution in [-0.2, 0) is 0 Å². The van der Waals surface area contributed by atoms with E-state index in [4.69, 9.17) is 0 Å². The van der Waals surface area contributed by atoms with Gasteiger partial charge in [-0.3, -0.25) is 0 Å². The van der Waals surface area contributed by atoms with Crippen LogP contribution in [0, 0.1) is 0 Å². The van der Waals surface area contributed by atoms with Crippen molar-refractivity contribution in [3.05, 3.63) is 120 Å². The zero-order chi connectivity index (χ0) is 19.9. The van der Waals surface area contributed by atoms with Crippen LogP contribution in [0.25, 0.3) is 55.2 Å². The lowest BCUT2D eigenvalue weighted by atomic mass is 9.96. The first kappa shape index (κ1) is 17.0. The Labute approximate surface area is 175 Å². The monoisotopic (exact) mass is 380 g/mol. The fourth-order valence-corrected chi connectivity index (χ4v) is 4.60. The normalized spacial score (nSPS) is 11.9. The van der Waals surface area contributed by atoms with Gasteiger partial charge in [-0.15, -0.1) is 0 Å². The molecule has 0 aliphatic heterocycles. The largest absolute Gasteiger partial charge is 0.0616 e. The Morgan fingerprint density at radius 1 is 0.300 bits per heavy atom. The molecule has 0 aliphatic rings. The number of hydrogen-bond acceptors (Lipinski definition) is 0. The van der Waals surface area contributed by atoms with Gasteiger partial charge in [-0.25, -0.2) is 0 Å². The summed E-state index contributed by atoms with van der Waals surface area (Å²) in [6, 6.07) is 39.3. The van der Waals surface area contributed by atoms with Gasteiger partial charge in [0.25, 0.3) is 0 Å². The van der Waals surface area contributed by atoms with E-state index in [-0.39, 0.29) is 0 Å². The molecule has 6 aromatic carbocycles. The Hall–Kier alpha value is -3.90. The summed E-state index contributed by atoms with van der Waals surface area (Å²) in [6.45, 7) is 0. The molecule has 0 atom stereocenters. The molecule has 0 radical (unpaired) electrons. The third kappa shape index (κ3) is 2.69. The summed E-state index contributed by atoms with van der Waals surface area (Å²) in [5.74, 6) is 0. The lowest BCUT2D eigenvalue weighted by Gasteiger charge is -2.08. The first-order valence-corrected chi connectivity index (χ1v) is 10.4. The first-order chi connectivity index (χ1) is 14.9. The SMILES string of the molecule is C(=Cc1cccc2c1ccc1ccccc12)c1cccc2c1ccc1ccccc12. The van der Waals surface area contributed by atoms with Gasteiger partial charge in [0.1, 0.15) is 0 Å². The highest BCUT2D eigenvalue weighted by Gasteiger charge is 2.05. The number of benzene rings is 6. The summed E-state index contributed by atoms with van der Waals surface area (Å²) >= 11 is 0. The first-order valence-electron chi connectivity index (χ1n) is 10.4. The van der Waals surface area contributed by atoms with Crippen LogP contribution in [0.15, 0.2) is 109 Å². The van der Waals surface area contributed by atoms with Crippen molar-refractivity contribution in [2.45, 2.75) is 0 Å². The summed E-state index contributed by atoms with van der Waals surface area (Å²) in [4.78, 5) is 0. The minimum atomic E-state index is 1.25. The highest BCUT2D eigenvalue weighted by Crippen LogP contribution is 2.31. The van der Waals surface area contributed by atoms with Gasteiger partial charge < -0.3 is 0 Å². The number of rotatable bonds is 2. The molecule has 6 rings (SSSR count). The zero-order valence-corrected chi connectivity index (χ0v) is 16.5. The topological polar surface area (TPSA) is 0 Å². The van der Waals surface area contributed by atoms with Crippen molar-refractivity contribution in [2.75, 3.05) is 0 Å². The van der Waals surface area contributed by atoms with Crippen LogP contribution in [0.1, 0.15) is 11.1 Å². The second-order valence-electron chi connectivity index (χ2n) is 7.79. The predicted molar refractivity (Wildman–Crippen MR) is 132 cm³/mol. The van der Waals surface area contributed by atoms with E-state index in [0.29, 0.717) is 0 Å². The van der Waals surface area contributed by atoms with E-state index in [0.717, 1.165) is 0 Å². The average molecular weight is 380 g/mol. The van der Waals surface area contributed by atoms with Gasteiger partial charge in [0, 0.05) is 0 Å². The van der Waals surface area contributed by atoms with Gasteiger partial charge in [-0.1, -0.05) is 121 Å². The molecule has 0 saturated carbocycles. The van der Waals surface area contributed by atoms with Crippen molar-refractivity contribution in [2.24, 2.45) is 0 Å². The molecule has 0 nitrogen and oxygen atoms in total. The molecule has 0 fully saturated rings. The summed E-state index contributed by atoms with van der Waals surface area (Å²) in [7, 11) is 0. The molecule has 0 unspecified atom stereocenters. The fourth-order valence-electron chi connectivity index (χ4n) is 4.60. The van der Waals surface area contributed by atoms with Crippen LogP contribution >= 0.6 is 0 Å². The maximum atomic E-state index is 2.25. The Morgan fingerprint density at radius 2 is 0.733 bits per heavy atom. The Kier molecular flexibility index (Phi) is 3.89. The highest BCUT2D eigenvalue weighted by atomic mass is 14.1. The van der Waals surface area contributed by atoms with Crippen molar-refractivity contribution in [1.29, 1.82) is 0 Å². The Balaban J connectivity index is 1.52. The summed E-state index contributed by atoms with van der Waals surface area (Å²) in [6.07, 6.45) is 4.50. The van der Waals surface area contributed by atoms with E-state index in [1.54, 1.807) is 0 Å². The molecule has 0 aliphatic carbocycles. The fraction of sp³-hybridized carbons (Fsp3) is 0. The molecule has 0 N–H and O–H groups in total. The molecule has 0 amide bonds. The van der Waals surface area contributed by atoms with Crippen LogP contribution < -0.4 is 0 Å². The van der Waals surface area contributed by atoms with Gasteiger partial charge in [-0.05, 0) is 54.2 Å². The molecule has 140 valence electrons. The van der Waals surface area contributed by atoms with Crippen LogP contribution in [-0.4, -0.2) is 0 Å². The summed E-state index contributed by atoms with van der Waals surface area (Å²) in [5.41, 5.74) is 2.49. The van der Waals surface area contributed by atoms with E-state index >= 15 is 0 Å².